The molecule has 0 saturated carbocycles. The summed E-state index contributed by atoms with van der Waals surface area (Å²) in [5.41, 5.74) is 6.46. The van der Waals surface area contributed by atoms with Crippen molar-refractivity contribution < 1.29 is 14.6 Å². The van der Waals surface area contributed by atoms with Crippen LogP contribution in [0.3, 0.4) is 0 Å². The maximum Gasteiger partial charge on any atom is 0.138 e. The molecule has 0 fully saturated rings. The third-order valence-corrected chi connectivity index (χ3v) is 3.56. The highest BCUT2D eigenvalue weighted by Gasteiger charge is 2.20. The van der Waals surface area contributed by atoms with Gasteiger partial charge in [-0.2, -0.15) is 0 Å². The summed E-state index contributed by atoms with van der Waals surface area (Å²) in [7, 11) is 3.18. The normalized spacial score (nSPS) is 14.0. The summed E-state index contributed by atoms with van der Waals surface area (Å²) < 4.78 is 10.6. The minimum Gasteiger partial charge on any atom is -0.496 e. The van der Waals surface area contributed by atoms with E-state index in [1.54, 1.807) is 20.3 Å². The molecule has 0 aliphatic heterocycles. The molecule has 108 valence electrons. The Kier molecular flexibility index (Phi) is 6.42. The Balaban J connectivity index is 3.13. The maximum atomic E-state index is 9.74. The van der Waals surface area contributed by atoms with Crippen LogP contribution in [0.15, 0.2) is 12.1 Å². The lowest BCUT2D eigenvalue weighted by atomic mass is 9.90. The number of nitrogens with two attached hydrogens (primary N) is 1. The number of ether oxygens (including phenoxy) is 2. The lowest BCUT2D eigenvalue weighted by molar-refractivity contribution is 0.161. The van der Waals surface area contributed by atoms with E-state index in [2.05, 4.69) is 6.92 Å². The zero-order valence-electron chi connectivity index (χ0n) is 11.6. The molecule has 0 aromatic heterocycles. The Hall–Kier alpha value is -0.970. The summed E-state index contributed by atoms with van der Waals surface area (Å²) in [6.45, 7) is 2.32. The van der Waals surface area contributed by atoms with E-state index >= 15 is 0 Å². The number of rotatable bonds is 7. The fourth-order valence-corrected chi connectivity index (χ4v) is 2.37. The molecule has 3 N–H and O–H groups in total. The van der Waals surface area contributed by atoms with Gasteiger partial charge in [-0.1, -0.05) is 18.5 Å². The van der Waals surface area contributed by atoms with E-state index in [1.165, 1.54) is 0 Å². The molecule has 0 amide bonds. The van der Waals surface area contributed by atoms with Gasteiger partial charge in [0.15, 0.2) is 0 Å². The van der Waals surface area contributed by atoms with Gasteiger partial charge in [0.25, 0.3) is 0 Å². The van der Waals surface area contributed by atoms with Crippen LogP contribution in [0, 0.1) is 0 Å². The highest BCUT2D eigenvalue weighted by Crippen LogP contribution is 2.39. The molecule has 5 heteroatoms. The molecule has 1 rings (SSSR count). The summed E-state index contributed by atoms with van der Waals surface area (Å²) in [5.74, 6) is 1.47. The van der Waals surface area contributed by atoms with Crippen LogP contribution < -0.4 is 15.2 Å². The topological polar surface area (TPSA) is 64.7 Å². The van der Waals surface area contributed by atoms with E-state index in [0.717, 1.165) is 12.0 Å². The number of aliphatic hydroxyl groups excluding tert-OH is 1. The van der Waals surface area contributed by atoms with Crippen molar-refractivity contribution in [2.24, 2.45) is 5.73 Å². The highest BCUT2D eigenvalue weighted by atomic mass is 35.5. The van der Waals surface area contributed by atoms with E-state index in [0.29, 0.717) is 22.9 Å². The molecule has 2 atom stereocenters. The lowest BCUT2D eigenvalue weighted by Crippen LogP contribution is -2.22. The number of benzene rings is 1. The van der Waals surface area contributed by atoms with Crippen LogP contribution in [-0.4, -0.2) is 32.0 Å². The van der Waals surface area contributed by atoms with E-state index in [9.17, 15) is 5.11 Å². The van der Waals surface area contributed by atoms with Crippen LogP contribution >= 0.6 is 11.6 Å². The van der Waals surface area contributed by atoms with Crippen LogP contribution in [0.1, 0.15) is 31.2 Å². The highest BCUT2D eigenvalue weighted by molar-refractivity contribution is 6.32. The fraction of sp³-hybridized carbons (Fsp3) is 0.571. The summed E-state index contributed by atoms with van der Waals surface area (Å²) in [5, 5.41) is 10.3. The monoisotopic (exact) mass is 287 g/mol. The summed E-state index contributed by atoms with van der Waals surface area (Å²) in [6.07, 6.45) is 0.947. The average Bonchev–Trinajstić information content (AvgIpc) is 2.44. The van der Waals surface area contributed by atoms with Crippen molar-refractivity contribution in [3.8, 4) is 11.5 Å². The molecular weight excluding hydrogens is 266 g/mol. The Morgan fingerprint density at radius 2 is 1.89 bits per heavy atom. The molecule has 1 aromatic carbocycles. The smallest absolute Gasteiger partial charge is 0.138 e. The SMILES string of the molecule is CCC(CC(O)CN)c1cc(OC)c(Cl)cc1OC. The van der Waals surface area contributed by atoms with Gasteiger partial charge >= 0.3 is 0 Å². The summed E-state index contributed by atoms with van der Waals surface area (Å²) in [4.78, 5) is 0. The van der Waals surface area contributed by atoms with Crippen molar-refractivity contribution in [2.75, 3.05) is 20.8 Å². The van der Waals surface area contributed by atoms with Crippen LogP contribution in [0.2, 0.25) is 5.02 Å². The van der Waals surface area contributed by atoms with Gasteiger partial charge in [-0.25, -0.2) is 0 Å². The van der Waals surface area contributed by atoms with E-state index < -0.39 is 6.10 Å². The minimum atomic E-state index is -0.517. The quantitative estimate of drug-likeness (QED) is 0.809. The Bertz CT molecular complexity index is 412. The second-order valence-electron chi connectivity index (χ2n) is 4.46. The van der Waals surface area contributed by atoms with Crippen molar-refractivity contribution in [2.45, 2.75) is 31.8 Å². The molecule has 4 nitrogen and oxygen atoms in total. The number of aliphatic hydroxyl groups is 1. The number of halogens is 1. The molecule has 19 heavy (non-hydrogen) atoms. The standard InChI is InChI=1S/C14H22ClNO3/c1-4-9(5-10(17)8-16)11-6-14(19-3)12(15)7-13(11)18-2/h6-7,9-10,17H,4-5,8,16H2,1-3H3. The number of hydrogen-bond donors (Lipinski definition) is 2. The van der Waals surface area contributed by atoms with Crippen molar-refractivity contribution in [3.05, 3.63) is 22.7 Å². The zero-order chi connectivity index (χ0) is 14.4. The van der Waals surface area contributed by atoms with Gasteiger partial charge in [0.05, 0.1) is 25.3 Å². The third-order valence-electron chi connectivity index (χ3n) is 3.27. The molecule has 2 unspecified atom stereocenters. The van der Waals surface area contributed by atoms with E-state index in [1.807, 2.05) is 6.07 Å². The predicted octanol–water partition coefficient (Wildman–Crippen LogP) is 2.56. The molecule has 0 spiro atoms. The molecule has 0 heterocycles. The minimum absolute atomic E-state index is 0.152. The fourth-order valence-electron chi connectivity index (χ4n) is 2.14. The molecule has 0 aliphatic carbocycles. The largest absolute Gasteiger partial charge is 0.496 e. The number of methoxy groups -OCH3 is 2. The Morgan fingerprint density at radius 1 is 1.26 bits per heavy atom. The van der Waals surface area contributed by atoms with Crippen LogP contribution in [0.4, 0.5) is 0 Å². The van der Waals surface area contributed by atoms with Gasteiger partial charge in [-0.05, 0) is 24.8 Å². The predicted molar refractivity (Wildman–Crippen MR) is 77.3 cm³/mol. The molecule has 0 radical (unpaired) electrons. The van der Waals surface area contributed by atoms with Crippen molar-refractivity contribution in [1.82, 2.24) is 0 Å². The summed E-state index contributed by atoms with van der Waals surface area (Å²) >= 11 is 6.09. The van der Waals surface area contributed by atoms with Crippen LogP contribution in [0.5, 0.6) is 11.5 Å². The first-order chi connectivity index (χ1) is 9.07. The van der Waals surface area contributed by atoms with Gasteiger partial charge in [0, 0.05) is 18.2 Å². The molecule has 1 aromatic rings. The second kappa shape index (κ2) is 7.58. The molecular formula is C14H22ClNO3. The Labute approximate surface area is 119 Å². The van der Waals surface area contributed by atoms with Crippen molar-refractivity contribution in [3.63, 3.8) is 0 Å². The van der Waals surface area contributed by atoms with Gasteiger partial charge in [0.1, 0.15) is 11.5 Å². The van der Waals surface area contributed by atoms with Gasteiger partial charge in [-0.3, -0.25) is 0 Å². The third kappa shape index (κ3) is 4.00. The van der Waals surface area contributed by atoms with E-state index in [4.69, 9.17) is 26.8 Å². The summed E-state index contributed by atoms with van der Waals surface area (Å²) in [6, 6.07) is 3.62. The number of hydrogen-bond acceptors (Lipinski definition) is 4. The molecule has 0 saturated heterocycles. The van der Waals surface area contributed by atoms with Crippen LogP contribution in [-0.2, 0) is 0 Å². The van der Waals surface area contributed by atoms with Gasteiger partial charge < -0.3 is 20.3 Å². The van der Waals surface area contributed by atoms with E-state index in [-0.39, 0.29) is 12.5 Å². The Morgan fingerprint density at radius 3 is 2.37 bits per heavy atom. The zero-order valence-corrected chi connectivity index (χ0v) is 12.4. The second-order valence-corrected chi connectivity index (χ2v) is 4.87. The van der Waals surface area contributed by atoms with Crippen LogP contribution in [0.25, 0.3) is 0 Å². The first-order valence-electron chi connectivity index (χ1n) is 6.36. The van der Waals surface area contributed by atoms with Crippen molar-refractivity contribution >= 4 is 11.6 Å². The first-order valence-corrected chi connectivity index (χ1v) is 6.74. The molecule has 0 aliphatic rings. The maximum absolute atomic E-state index is 9.74. The first kappa shape index (κ1) is 16.1. The molecule has 0 bridgehead atoms. The van der Waals surface area contributed by atoms with Crippen molar-refractivity contribution in [1.29, 1.82) is 0 Å². The van der Waals surface area contributed by atoms with Gasteiger partial charge in [0.2, 0.25) is 0 Å². The lowest BCUT2D eigenvalue weighted by Gasteiger charge is -2.22. The average molecular weight is 288 g/mol. The van der Waals surface area contributed by atoms with Gasteiger partial charge in [-0.15, -0.1) is 0 Å².